The van der Waals surface area contributed by atoms with Crippen molar-refractivity contribution in [2.24, 2.45) is 5.73 Å². The third-order valence-corrected chi connectivity index (χ3v) is 4.14. The van der Waals surface area contributed by atoms with E-state index in [0.29, 0.717) is 17.9 Å². The molecule has 0 aliphatic carbocycles. The monoisotopic (exact) mass is 307 g/mol. The van der Waals surface area contributed by atoms with Crippen molar-refractivity contribution >= 4 is 0 Å². The molecule has 0 spiro atoms. The number of nitrogens with zero attached hydrogens (tertiary/aromatic N) is 2. The topological polar surface area (TPSA) is 81.0 Å². The largest absolute Gasteiger partial charge is 0.440 e. The van der Waals surface area contributed by atoms with Crippen LogP contribution in [0.2, 0.25) is 0 Å². The van der Waals surface area contributed by atoms with Crippen molar-refractivity contribution in [3.63, 3.8) is 0 Å². The van der Waals surface area contributed by atoms with Crippen LogP contribution in [0.3, 0.4) is 0 Å². The van der Waals surface area contributed by atoms with Crippen LogP contribution in [0.25, 0.3) is 0 Å². The lowest BCUT2D eigenvalue weighted by Crippen LogP contribution is -2.32. The third-order valence-electron chi connectivity index (χ3n) is 4.14. The van der Waals surface area contributed by atoms with Gasteiger partial charge in [-0.05, 0) is 19.4 Å². The lowest BCUT2D eigenvalue weighted by molar-refractivity contribution is 0.388. The van der Waals surface area contributed by atoms with Gasteiger partial charge in [-0.2, -0.15) is 5.26 Å². The number of pyridine rings is 1. The molecule has 1 unspecified atom stereocenters. The van der Waals surface area contributed by atoms with Crippen molar-refractivity contribution in [3.8, 4) is 11.8 Å². The van der Waals surface area contributed by atoms with Gasteiger partial charge in [0.05, 0.1) is 11.5 Å². The lowest BCUT2D eigenvalue weighted by atomic mass is 9.84. The van der Waals surface area contributed by atoms with E-state index in [1.807, 2.05) is 44.2 Å². The minimum absolute atomic E-state index is 0.0573. The number of hydrogen-bond donors (Lipinski definition) is 1. The molecule has 0 saturated carbocycles. The van der Waals surface area contributed by atoms with Gasteiger partial charge >= 0.3 is 0 Å². The molecule has 1 aromatic carbocycles. The molecule has 3 rings (SSSR count). The highest BCUT2D eigenvalue weighted by Gasteiger charge is 2.33. The number of hydrogen-bond acceptors (Lipinski definition) is 4. The summed E-state index contributed by atoms with van der Waals surface area (Å²) in [5.74, 6) is -0.0136. The fourth-order valence-electron chi connectivity index (χ4n) is 3.06. The summed E-state index contributed by atoms with van der Waals surface area (Å²) in [5, 5.41) is 9.51. The number of nitrogens with two attached hydrogens (primary N) is 1. The Kier molecular flexibility index (Phi) is 3.67. The molecule has 5 heteroatoms. The normalized spacial score (nSPS) is 16.5. The molecular formula is C18H17N3O2. The SMILES string of the molecule is CCn1c(C)cc2c(c1=O)C(c1ccccc1)C(C#N)=C(N)O2. The lowest BCUT2D eigenvalue weighted by Gasteiger charge is -2.27. The molecule has 116 valence electrons. The van der Waals surface area contributed by atoms with Crippen molar-refractivity contribution in [1.82, 2.24) is 4.57 Å². The summed E-state index contributed by atoms with van der Waals surface area (Å²) >= 11 is 0. The van der Waals surface area contributed by atoms with Crippen LogP contribution in [0.15, 0.2) is 52.6 Å². The second-order valence-corrected chi connectivity index (χ2v) is 5.45. The number of allylic oxidation sites excluding steroid dienone is 1. The predicted octanol–water partition coefficient (Wildman–Crippen LogP) is 2.39. The zero-order chi connectivity index (χ0) is 16.6. The molecule has 0 fully saturated rings. The second-order valence-electron chi connectivity index (χ2n) is 5.45. The highest BCUT2D eigenvalue weighted by atomic mass is 16.5. The second kappa shape index (κ2) is 5.65. The maximum absolute atomic E-state index is 12.9. The van der Waals surface area contributed by atoms with Crippen molar-refractivity contribution in [1.29, 1.82) is 5.26 Å². The summed E-state index contributed by atoms with van der Waals surface area (Å²) in [5.41, 5.74) is 8.17. The van der Waals surface area contributed by atoms with E-state index in [2.05, 4.69) is 6.07 Å². The number of benzene rings is 1. The van der Waals surface area contributed by atoms with E-state index < -0.39 is 5.92 Å². The van der Waals surface area contributed by atoms with Crippen molar-refractivity contribution in [3.05, 3.63) is 75.0 Å². The first-order chi connectivity index (χ1) is 11.1. The Bertz CT molecular complexity index is 889. The van der Waals surface area contributed by atoms with Crippen LogP contribution >= 0.6 is 0 Å². The average molecular weight is 307 g/mol. The van der Waals surface area contributed by atoms with Crippen LogP contribution in [0.5, 0.6) is 5.75 Å². The third kappa shape index (κ3) is 2.29. The van der Waals surface area contributed by atoms with Crippen LogP contribution in [0, 0.1) is 18.3 Å². The minimum Gasteiger partial charge on any atom is -0.440 e. The van der Waals surface area contributed by atoms with E-state index in [4.69, 9.17) is 10.5 Å². The summed E-state index contributed by atoms with van der Waals surface area (Å²) in [6.07, 6.45) is 0. The Morgan fingerprint density at radius 2 is 2.04 bits per heavy atom. The highest BCUT2D eigenvalue weighted by Crippen LogP contribution is 2.40. The summed E-state index contributed by atoms with van der Waals surface area (Å²) in [7, 11) is 0. The first kappa shape index (κ1) is 14.9. The van der Waals surface area contributed by atoms with Gasteiger partial charge in [0.1, 0.15) is 17.4 Å². The molecule has 1 aromatic heterocycles. The van der Waals surface area contributed by atoms with Gasteiger partial charge in [-0.1, -0.05) is 30.3 Å². The van der Waals surface area contributed by atoms with Crippen LogP contribution in [-0.2, 0) is 6.54 Å². The molecule has 23 heavy (non-hydrogen) atoms. The standard InChI is InChI=1S/C18H17N3O2/c1-3-21-11(2)9-14-16(18(21)22)15(12-7-5-4-6-8-12)13(10-19)17(20)23-14/h4-9,15H,3,20H2,1-2H3. The molecule has 2 heterocycles. The zero-order valence-electron chi connectivity index (χ0n) is 13.0. The van der Waals surface area contributed by atoms with Crippen LogP contribution in [-0.4, -0.2) is 4.57 Å². The molecule has 5 nitrogen and oxygen atoms in total. The quantitative estimate of drug-likeness (QED) is 0.923. The van der Waals surface area contributed by atoms with Crippen molar-refractivity contribution < 1.29 is 4.74 Å². The molecule has 2 N–H and O–H groups in total. The summed E-state index contributed by atoms with van der Waals surface area (Å²) < 4.78 is 7.25. The van der Waals surface area contributed by atoms with Gasteiger partial charge < -0.3 is 15.0 Å². The first-order valence-electron chi connectivity index (χ1n) is 7.45. The molecule has 1 aliphatic heterocycles. The Labute approximate surface area is 134 Å². The number of aryl methyl sites for hydroxylation is 1. The van der Waals surface area contributed by atoms with E-state index in [1.165, 1.54) is 0 Å². The van der Waals surface area contributed by atoms with Gasteiger partial charge in [-0.25, -0.2) is 0 Å². The fourth-order valence-corrected chi connectivity index (χ4v) is 3.06. The fraction of sp³-hybridized carbons (Fsp3) is 0.222. The molecule has 0 saturated heterocycles. The predicted molar refractivity (Wildman–Crippen MR) is 86.9 cm³/mol. The Hall–Kier alpha value is -3.00. The number of fused-ring (bicyclic) bond motifs is 1. The van der Waals surface area contributed by atoms with Crippen LogP contribution in [0.4, 0.5) is 0 Å². The minimum atomic E-state index is -0.504. The molecule has 0 radical (unpaired) electrons. The van der Waals surface area contributed by atoms with E-state index >= 15 is 0 Å². The number of aromatic nitrogens is 1. The van der Waals surface area contributed by atoms with E-state index in [1.54, 1.807) is 10.6 Å². The van der Waals surface area contributed by atoms with Gasteiger partial charge in [0.25, 0.3) is 5.56 Å². The zero-order valence-corrected chi connectivity index (χ0v) is 13.0. The maximum atomic E-state index is 12.9. The first-order valence-corrected chi connectivity index (χ1v) is 7.45. The van der Waals surface area contributed by atoms with Gasteiger partial charge in [0, 0.05) is 18.3 Å². The van der Waals surface area contributed by atoms with E-state index in [9.17, 15) is 10.1 Å². The Balaban J connectivity index is 2.35. The Morgan fingerprint density at radius 3 is 2.65 bits per heavy atom. The molecule has 1 aliphatic rings. The number of rotatable bonds is 2. The van der Waals surface area contributed by atoms with Crippen molar-refractivity contribution in [2.75, 3.05) is 0 Å². The molecule has 0 bridgehead atoms. The number of nitriles is 1. The molecule has 1 atom stereocenters. The van der Waals surface area contributed by atoms with Crippen LogP contribution in [0.1, 0.15) is 29.7 Å². The molecule has 0 amide bonds. The van der Waals surface area contributed by atoms with Crippen molar-refractivity contribution in [2.45, 2.75) is 26.3 Å². The maximum Gasteiger partial charge on any atom is 0.258 e. The molecule has 2 aromatic rings. The number of ether oxygens (including phenoxy) is 1. The van der Waals surface area contributed by atoms with E-state index in [-0.39, 0.29) is 17.0 Å². The Morgan fingerprint density at radius 1 is 1.35 bits per heavy atom. The van der Waals surface area contributed by atoms with Crippen LogP contribution < -0.4 is 16.0 Å². The van der Waals surface area contributed by atoms with Gasteiger partial charge in [-0.15, -0.1) is 0 Å². The molecular weight excluding hydrogens is 290 g/mol. The summed E-state index contributed by atoms with van der Waals surface area (Å²) in [4.78, 5) is 12.9. The van der Waals surface area contributed by atoms with Gasteiger partial charge in [-0.3, -0.25) is 4.79 Å². The van der Waals surface area contributed by atoms with Gasteiger partial charge in [0.15, 0.2) is 0 Å². The van der Waals surface area contributed by atoms with Gasteiger partial charge in [0.2, 0.25) is 5.88 Å². The average Bonchev–Trinajstić information content (AvgIpc) is 2.54. The summed E-state index contributed by atoms with van der Waals surface area (Å²) in [6, 6.07) is 13.3. The smallest absolute Gasteiger partial charge is 0.258 e. The summed E-state index contributed by atoms with van der Waals surface area (Å²) in [6.45, 7) is 4.32. The van der Waals surface area contributed by atoms with E-state index in [0.717, 1.165) is 11.3 Å². The highest BCUT2D eigenvalue weighted by molar-refractivity contribution is 5.55.